The number of nitrogens with zero attached hydrogens (tertiary/aromatic N) is 4. The van der Waals surface area contributed by atoms with Crippen LogP contribution in [0.3, 0.4) is 0 Å². The van der Waals surface area contributed by atoms with Gasteiger partial charge in [-0.25, -0.2) is 9.50 Å². The summed E-state index contributed by atoms with van der Waals surface area (Å²) in [5.74, 6) is 0.602. The van der Waals surface area contributed by atoms with Crippen molar-refractivity contribution < 1.29 is 4.79 Å². The Bertz CT molecular complexity index is 544. The summed E-state index contributed by atoms with van der Waals surface area (Å²) in [6.07, 6.45) is 5.79. The van der Waals surface area contributed by atoms with Gasteiger partial charge in [0.2, 0.25) is 0 Å². The lowest BCUT2D eigenvalue weighted by atomic mass is 10.0. The summed E-state index contributed by atoms with van der Waals surface area (Å²) in [6, 6.07) is 3.55. The van der Waals surface area contributed by atoms with Gasteiger partial charge in [-0.15, -0.1) is 0 Å². The van der Waals surface area contributed by atoms with Gasteiger partial charge in [0.05, 0.1) is 0 Å². The van der Waals surface area contributed by atoms with E-state index in [1.807, 2.05) is 4.90 Å². The summed E-state index contributed by atoms with van der Waals surface area (Å²) in [7, 11) is 0. The van der Waals surface area contributed by atoms with Crippen LogP contribution >= 0.6 is 0 Å². The third-order valence-corrected chi connectivity index (χ3v) is 3.40. The molecule has 0 saturated carbocycles. The van der Waals surface area contributed by atoms with E-state index >= 15 is 0 Å². The fourth-order valence-corrected chi connectivity index (χ4v) is 2.47. The highest BCUT2D eigenvalue weighted by Gasteiger charge is 2.23. The quantitative estimate of drug-likeness (QED) is 0.765. The lowest BCUT2D eigenvalue weighted by molar-refractivity contribution is 0.0676. The fourth-order valence-electron chi connectivity index (χ4n) is 2.47. The average molecular weight is 244 g/mol. The van der Waals surface area contributed by atoms with Gasteiger partial charge in [-0.3, -0.25) is 4.79 Å². The van der Waals surface area contributed by atoms with E-state index in [1.54, 1.807) is 29.0 Å². The van der Waals surface area contributed by atoms with Crippen LogP contribution in [-0.4, -0.2) is 38.5 Å². The maximum atomic E-state index is 12.3. The van der Waals surface area contributed by atoms with E-state index in [9.17, 15) is 4.79 Å². The Hall–Kier alpha value is -1.91. The number of carbonyl (C=O) groups is 1. The predicted octanol–water partition coefficient (Wildman–Crippen LogP) is 1.60. The summed E-state index contributed by atoms with van der Waals surface area (Å²) >= 11 is 0. The topological polar surface area (TPSA) is 50.5 Å². The largest absolute Gasteiger partial charge is 0.337 e. The molecule has 5 heteroatoms. The minimum atomic E-state index is 0.0204. The first-order valence-corrected chi connectivity index (χ1v) is 6.34. The number of hydrogen-bond donors (Lipinski definition) is 0. The van der Waals surface area contributed by atoms with Crippen LogP contribution in [0.2, 0.25) is 0 Å². The monoisotopic (exact) mass is 244 g/mol. The van der Waals surface area contributed by atoms with E-state index in [0.717, 1.165) is 19.5 Å². The summed E-state index contributed by atoms with van der Waals surface area (Å²) in [6.45, 7) is 3.86. The van der Waals surface area contributed by atoms with Crippen molar-refractivity contribution in [2.24, 2.45) is 5.92 Å². The minimum Gasteiger partial charge on any atom is -0.337 e. The third-order valence-electron chi connectivity index (χ3n) is 3.40. The van der Waals surface area contributed by atoms with Crippen molar-refractivity contribution in [2.45, 2.75) is 19.8 Å². The number of aromatic nitrogens is 3. The van der Waals surface area contributed by atoms with Crippen LogP contribution in [0.1, 0.15) is 30.3 Å². The van der Waals surface area contributed by atoms with Crippen molar-refractivity contribution in [3.63, 3.8) is 0 Å². The predicted molar refractivity (Wildman–Crippen MR) is 67.3 cm³/mol. The molecule has 0 bridgehead atoms. The molecule has 3 heterocycles. The van der Waals surface area contributed by atoms with Crippen molar-refractivity contribution in [2.75, 3.05) is 13.1 Å². The van der Waals surface area contributed by atoms with Crippen LogP contribution in [0.5, 0.6) is 0 Å². The van der Waals surface area contributed by atoms with Crippen LogP contribution in [0.15, 0.2) is 24.5 Å². The molecule has 5 nitrogen and oxygen atoms in total. The fraction of sp³-hybridized carbons (Fsp3) is 0.462. The summed E-state index contributed by atoms with van der Waals surface area (Å²) in [5.41, 5.74) is 1.20. The van der Waals surface area contributed by atoms with Crippen LogP contribution in [-0.2, 0) is 0 Å². The first-order chi connectivity index (χ1) is 8.74. The molecule has 1 fully saturated rings. The first-order valence-electron chi connectivity index (χ1n) is 6.34. The number of fused-ring (bicyclic) bond motifs is 1. The van der Waals surface area contributed by atoms with E-state index in [0.29, 0.717) is 17.3 Å². The van der Waals surface area contributed by atoms with Gasteiger partial charge < -0.3 is 4.90 Å². The van der Waals surface area contributed by atoms with Gasteiger partial charge >= 0.3 is 0 Å². The maximum Gasteiger partial charge on any atom is 0.274 e. The molecule has 18 heavy (non-hydrogen) atoms. The zero-order valence-electron chi connectivity index (χ0n) is 10.4. The highest BCUT2D eigenvalue weighted by Crippen LogP contribution is 2.17. The van der Waals surface area contributed by atoms with Crippen LogP contribution in [0.25, 0.3) is 5.65 Å². The molecule has 1 saturated heterocycles. The van der Waals surface area contributed by atoms with Crippen molar-refractivity contribution in [1.29, 1.82) is 0 Å². The van der Waals surface area contributed by atoms with Crippen LogP contribution in [0, 0.1) is 5.92 Å². The highest BCUT2D eigenvalue weighted by atomic mass is 16.2. The van der Waals surface area contributed by atoms with E-state index in [4.69, 9.17) is 0 Å². The zero-order valence-corrected chi connectivity index (χ0v) is 10.4. The molecule has 0 N–H and O–H groups in total. The van der Waals surface area contributed by atoms with Gasteiger partial charge in [0.1, 0.15) is 0 Å². The molecule has 94 valence electrons. The molecule has 1 aliphatic heterocycles. The Balaban J connectivity index is 1.87. The zero-order chi connectivity index (χ0) is 12.5. The standard InChI is InChI=1S/C13H16N4O/c1-10-4-2-6-16(9-10)13(18)11-8-12-14-5-3-7-17(12)15-11/h3,5,7-8,10H,2,4,6,9H2,1H3/t10-/m0/s1. The maximum absolute atomic E-state index is 12.3. The van der Waals surface area contributed by atoms with E-state index < -0.39 is 0 Å². The van der Waals surface area contributed by atoms with Crippen molar-refractivity contribution in [1.82, 2.24) is 19.5 Å². The number of piperidine rings is 1. The van der Waals surface area contributed by atoms with E-state index in [1.165, 1.54) is 6.42 Å². The third kappa shape index (κ3) is 1.96. The summed E-state index contributed by atoms with van der Waals surface area (Å²) in [4.78, 5) is 18.4. The molecule has 0 spiro atoms. The SMILES string of the molecule is C[C@H]1CCCN(C(=O)c2cc3ncccn3n2)C1. The molecular weight excluding hydrogens is 228 g/mol. The molecular formula is C13H16N4O. The Morgan fingerprint density at radius 3 is 3.17 bits per heavy atom. The normalized spacial score (nSPS) is 20.3. The number of hydrogen-bond acceptors (Lipinski definition) is 3. The van der Waals surface area contributed by atoms with Gasteiger partial charge in [0.25, 0.3) is 5.91 Å². The Kier molecular flexibility index (Phi) is 2.74. The van der Waals surface area contributed by atoms with E-state index in [-0.39, 0.29) is 5.91 Å². The lowest BCUT2D eigenvalue weighted by Crippen LogP contribution is -2.39. The molecule has 2 aromatic rings. The van der Waals surface area contributed by atoms with Crippen molar-refractivity contribution in [3.05, 3.63) is 30.2 Å². The average Bonchev–Trinajstić information content (AvgIpc) is 2.81. The van der Waals surface area contributed by atoms with Crippen LogP contribution in [0.4, 0.5) is 0 Å². The van der Waals surface area contributed by atoms with Gasteiger partial charge in [-0.1, -0.05) is 6.92 Å². The summed E-state index contributed by atoms with van der Waals surface area (Å²) in [5, 5.41) is 4.28. The van der Waals surface area contributed by atoms with Crippen molar-refractivity contribution >= 4 is 11.6 Å². The van der Waals surface area contributed by atoms with Gasteiger partial charge in [0, 0.05) is 31.5 Å². The molecule has 1 amide bonds. The first kappa shape index (κ1) is 11.2. The smallest absolute Gasteiger partial charge is 0.274 e. The molecule has 0 aliphatic carbocycles. The molecule has 2 aromatic heterocycles. The molecule has 0 radical (unpaired) electrons. The molecule has 0 unspecified atom stereocenters. The molecule has 1 atom stereocenters. The highest BCUT2D eigenvalue weighted by molar-refractivity contribution is 5.93. The number of amides is 1. The van der Waals surface area contributed by atoms with Gasteiger partial charge in [0.15, 0.2) is 11.3 Å². The summed E-state index contributed by atoms with van der Waals surface area (Å²) < 4.78 is 1.64. The Morgan fingerprint density at radius 1 is 1.50 bits per heavy atom. The Labute approximate surface area is 105 Å². The Morgan fingerprint density at radius 2 is 2.39 bits per heavy atom. The second-order valence-electron chi connectivity index (χ2n) is 4.95. The van der Waals surface area contributed by atoms with E-state index in [2.05, 4.69) is 17.0 Å². The second kappa shape index (κ2) is 4.40. The van der Waals surface area contributed by atoms with Gasteiger partial charge in [-0.2, -0.15) is 5.10 Å². The lowest BCUT2D eigenvalue weighted by Gasteiger charge is -2.30. The minimum absolute atomic E-state index is 0.0204. The number of rotatable bonds is 1. The number of likely N-dealkylation sites (tertiary alicyclic amines) is 1. The molecule has 0 aromatic carbocycles. The van der Waals surface area contributed by atoms with Crippen LogP contribution < -0.4 is 0 Å². The second-order valence-corrected chi connectivity index (χ2v) is 4.95. The van der Waals surface area contributed by atoms with Gasteiger partial charge in [-0.05, 0) is 24.8 Å². The molecule has 1 aliphatic rings. The van der Waals surface area contributed by atoms with Crippen molar-refractivity contribution in [3.8, 4) is 0 Å². The molecule has 3 rings (SSSR count). The number of carbonyl (C=O) groups excluding carboxylic acids is 1.